The quantitative estimate of drug-likeness (QED) is 0.483. The Morgan fingerprint density at radius 2 is 1.24 bits per heavy atom. The number of hydrogen-bond acceptors (Lipinski definition) is 0. The molecule has 0 atom stereocenters. The summed E-state index contributed by atoms with van der Waals surface area (Å²) in [6, 6.07) is 16.3. The molecule has 1 aliphatic carbocycles. The highest BCUT2D eigenvalue weighted by atomic mass is 14.9. The van der Waals surface area contributed by atoms with Gasteiger partial charge in [-0.05, 0) is 36.1 Å². The summed E-state index contributed by atoms with van der Waals surface area (Å²) >= 11 is 0. The van der Waals surface area contributed by atoms with E-state index in [4.69, 9.17) is 0 Å². The molecule has 2 nitrogen and oxygen atoms in total. The van der Waals surface area contributed by atoms with Crippen LogP contribution in [0.1, 0.15) is 22.3 Å². The zero-order chi connectivity index (χ0) is 11.7. The van der Waals surface area contributed by atoms with Crippen molar-refractivity contribution in [2.24, 2.45) is 0 Å². The maximum atomic E-state index is 9.30. The third-order valence-electron chi connectivity index (χ3n) is 3.31. The number of aryl methyl sites for hydroxylation is 2. The van der Waals surface area contributed by atoms with Crippen LogP contribution in [0.15, 0.2) is 48.5 Å². The van der Waals surface area contributed by atoms with Crippen LogP contribution < -0.4 is 0 Å². The number of nitrogens with zero attached hydrogens (tertiary/aromatic N) is 2. The molecule has 0 saturated heterocycles. The topological polar surface area (TPSA) is 36.4 Å². The normalized spacial score (nSPS) is 13.3. The van der Waals surface area contributed by atoms with E-state index >= 15 is 0 Å². The Hall–Kier alpha value is -2.18. The maximum absolute atomic E-state index is 9.30. The van der Waals surface area contributed by atoms with Gasteiger partial charge in [0.25, 0.3) is 0 Å². The molecule has 2 aromatic rings. The molecular weight excluding hydrogens is 208 g/mol. The lowest BCUT2D eigenvalue weighted by Gasteiger charge is -2.00. The summed E-state index contributed by atoms with van der Waals surface area (Å²) in [5.74, 6) is 0. The fraction of sp³-hybridized carbons (Fsp3) is 0.133. The van der Waals surface area contributed by atoms with Crippen molar-refractivity contribution in [1.82, 2.24) is 0 Å². The monoisotopic (exact) mass is 220 g/mol. The van der Waals surface area contributed by atoms with Crippen LogP contribution in [0.4, 0.5) is 0 Å². The molecule has 17 heavy (non-hydrogen) atoms. The summed E-state index contributed by atoms with van der Waals surface area (Å²) in [6.45, 7) is 0. The molecule has 0 aliphatic heterocycles. The predicted molar refractivity (Wildman–Crippen MR) is 67.1 cm³/mol. The van der Waals surface area contributed by atoms with Crippen LogP contribution in [0.3, 0.4) is 0 Å². The van der Waals surface area contributed by atoms with E-state index in [-0.39, 0.29) is 0 Å². The summed E-state index contributed by atoms with van der Waals surface area (Å²) in [5, 5.41) is 0. The van der Waals surface area contributed by atoms with Gasteiger partial charge in [-0.1, -0.05) is 36.4 Å². The van der Waals surface area contributed by atoms with Gasteiger partial charge in [-0.25, -0.2) is 0 Å². The largest absolute Gasteiger partial charge is 0.361 e. The lowest BCUT2D eigenvalue weighted by atomic mass is 9.98. The van der Waals surface area contributed by atoms with Gasteiger partial charge in [0.1, 0.15) is 0 Å². The molecule has 2 heteroatoms. The molecule has 3 rings (SSSR count). The summed E-state index contributed by atoms with van der Waals surface area (Å²) in [7, 11) is 0. The molecule has 82 valence electrons. The molecule has 0 bridgehead atoms. The van der Waals surface area contributed by atoms with Crippen LogP contribution in [0.5, 0.6) is 0 Å². The van der Waals surface area contributed by atoms with E-state index in [1.165, 1.54) is 11.1 Å². The van der Waals surface area contributed by atoms with Crippen molar-refractivity contribution in [2.75, 3.05) is 0 Å². The second-order valence-corrected chi connectivity index (χ2v) is 4.26. The first kappa shape index (κ1) is 10.0. The first-order chi connectivity index (χ1) is 8.40. The molecule has 0 unspecified atom stereocenters. The molecule has 2 aromatic carbocycles. The van der Waals surface area contributed by atoms with Crippen LogP contribution in [-0.4, -0.2) is 10.5 Å². The number of hydrogen-bond donors (Lipinski definition) is 0. The van der Waals surface area contributed by atoms with E-state index in [0.717, 1.165) is 24.0 Å². The van der Waals surface area contributed by atoms with E-state index in [0.29, 0.717) is 5.71 Å². The zero-order valence-corrected chi connectivity index (χ0v) is 9.43. The maximum Gasteiger partial charge on any atom is 0.330 e. The van der Waals surface area contributed by atoms with Crippen molar-refractivity contribution < 1.29 is 4.79 Å². The highest BCUT2D eigenvalue weighted by Gasteiger charge is 2.24. The molecule has 0 radical (unpaired) electrons. The van der Waals surface area contributed by atoms with Crippen LogP contribution >= 0.6 is 0 Å². The molecule has 1 aliphatic rings. The van der Waals surface area contributed by atoms with Crippen molar-refractivity contribution in [2.45, 2.75) is 12.8 Å². The molecular formula is C15H12N2. The lowest BCUT2D eigenvalue weighted by molar-refractivity contribution is -0.00282. The van der Waals surface area contributed by atoms with Gasteiger partial charge in [0.05, 0.1) is 11.1 Å². The van der Waals surface area contributed by atoms with E-state index in [9.17, 15) is 5.53 Å². The van der Waals surface area contributed by atoms with Crippen molar-refractivity contribution >= 4 is 5.71 Å². The molecule has 0 amide bonds. The fourth-order valence-electron chi connectivity index (χ4n) is 2.46. The third kappa shape index (κ3) is 1.59. The average Bonchev–Trinajstić information content (AvgIpc) is 2.55. The Morgan fingerprint density at radius 1 is 0.765 bits per heavy atom. The SMILES string of the molecule is [N-]=[N+]=C1c2ccccc2CCc2ccccc21. The molecule has 0 spiro atoms. The van der Waals surface area contributed by atoms with Crippen LogP contribution in [0, 0.1) is 0 Å². The minimum atomic E-state index is 0.689. The Bertz CT molecular complexity index is 573. The van der Waals surface area contributed by atoms with Gasteiger partial charge in [0.15, 0.2) is 0 Å². The van der Waals surface area contributed by atoms with E-state index in [1.54, 1.807) is 0 Å². The van der Waals surface area contributed by atoms with Crippen molar-refractivity contribution in [1.29, 1.82) is 0 Å². The molecule has 0 fully saturated rings. The number of rotatable bonds is 0. The average molecular weight is 220 g/mol. The lowest BCUT2D eigenvalue weighted by Crippen LogP contribution is -2.06. The van der Waals surface area contributed by atoms with Gasteiger partial charge in [0.2, 0.25) is 0 Å². The minimum absolute atomic E-state index is 0.689. The Kier molecular flexibility index (Phi) is 2.36. The Morgan fingerprint density at radius 3 is 1.71 bits per heavy atom. The fourth-order valence-corrected chi connectivity index (χ4v) is 2.46. The Labute approximate surface area is 100 Å². The van der Waals surface area contributed by atoms with Crippen LogP contribution in [0.2, 0.25) is 0 Å². The van der Waals surface area contributed by atoms with Crippen LogP contribution in [-0.2, 0) is 12.8 Å². The smallest absolute Gasteiger partial charge is 0.330 e. The van der Waals surface area contributed by atoms with Gasteiger partial charge < -0.3 is 5.53 Å². The summed E-state index contributed by atoms with van der Waals surface area (Å²) in [6.07, 6.45) is 1.98. The highest BCUT2D eigenvalue weighted by Crippen LogP contribution is 2.23. The zero-order valence-electron chi connectivity index (χ0n) is 9.43. The van der Waals surface area contributed by atoms with Crippen molar-refractivity contribution in [3.05, 3.63) is 76.3 Å². The number of benzene rings is 2. The van der Waals surface area contributed by atoms with Crippen LogP contribution in [0.25, 0.3) is 5.53 Å². The summed E-state index contributed by atoms with van der Waals surface area (Å²) in [5.41, 5.74) is 14.6. The minimum Gasteiger partial charge on any atom is -0.361 e. The van der Waals surface area contributed by atoms with E-state index in [1.807, 2.05) is 36.4 Å². The predicted octanol–water partition coefficient (Wildman–Crippen LogP) is 2.85. The van der Waals surface area contributed by atoms with Crippen molar-refractivity contribution in [3.63, 3.8) is 0 Å². The Balaban J connectivity index is 2.30. The van der Waals surface area contributed by atoms with Gasteiger partial charge in [0, 0.05) is 0 Å². The van der Waals surface area contributed by atoms with E-state index < -0.39 is 0 Å². The molecule has 0 saturated carbocycles. The second-order valence-electron chi connectivity index (χ2n) is 4.26. The summed E-state index contributed by atoms with van der Waals surface area (Å²) < 4.78 is 0. The third-order valence-corrected chi connectivity index (χ3v) is 3.31. The van der Waals surface area contributed by atoms with Gasteiger partial charge in [-0.2, -0.15) is 4.79 Å². The number of fused-ring (bicyclic) bond motifs is 2. The molecule has 0 N–H and O–H groups in total. The second kappa shape index (κ2) is 4.00. The van der Waals surface area contributed by atoms with Crippen molar-refractivity contribution in [3.8, 4) is 0 Å². The molecule has 0 heterocycles. The first-order valence-electron chi connectivity index (χ1n) is 5.79. The summed E-state index contributed by atoms with van der Waals surface area (Å²) in [4.78, 5) is 3.51. The van der Waals surface area contributed by atoms with Gasteiger partial charge in [-0.15, -0.1) is 0 Å². The van der Waals surface area contributed by atoms with E-state index in [2.05, 4.69) is 16.9 Å². The standard InChI is InChI=1S/C15H12N2/c16-17-15-13-7-3-1-5-11(13)9-10-12-6-2-4-8-14(12)15/h1-8H,9-10H2. The highest BCUT2D eigenvalue weighted by molar-refractivity contribution is 6.11. The van der Waals surface area contributed by atoms with Gasteiger partial charge >= 0.3 is 5.71 Å². The van der Waals surface area contributed by atoms with Gasteiger partial charge in [-0.3, -0.25) is 0 Å². The molecule has 0 aromatic heterocycles. The first-order valence-corrected chi connectivity index (χ1v) is 5.79.